The molecule has 0 heterocycles. The molecule has 0 aromatic heterocycles. The number of ether oxygens (including phenoxy) is 2. The van der Waals surface area contributed by atoms with E-state index < -0.39 is 29.7 Å². The van der Waals surface area contributed by atoms with Gasteiger partial charge in [-0.1, -0.05) is 31.5 Å². The lowest BCUT2D eigenvalue weighted by molar-refractivity contribution is -0.122. The minimum atomic E-state index is -1.19. The van der Waals surface area contributed by atoms with E-state index in [-0.39, 0.29) is 6.42 Å². The minimum Gasteiger partial charge on any atom is -0.493 e. The van der Waals surface area contributed by atoms with Gasteiger partial charge in [-0.15, -0.1) is 0 Å². The molecule has 0 aliphatic rings. The van der Waals surface area contributed by atoms with Crippen molar-refractivity contribution in [1.82, 2.24) is 5.32 Å². The number of alkyl carbamates (subject to hydrolysis) is 1. The first-order valence-electron chi connectivity index (χ1n) is 8.89. The zero-order chi connectivity index (χ0) is 19.7. The van der Waals surface area contributed by atoms with Gasteiger partial charge < -0.3 is 26.3 Å². The van der Waals surface area contributed by atoms with Crippen molar-refractivity contribution in [1.29, 1.82) is 0 Å². The van der Waals surface area contributed by atoms with Crippen LogP contribution in [0.2, 0.25) is 0 Å². The summed E-state index contributed by atoms with van der Waals surface area (Å²) < 4.78 is 11.0. The average molecular weight is 365 g/mol. The van der Waals surface area contributed by atoms with E-state index in [2.05, 4.69) is 12.2 Å². The maximum atomic E-state index is 12.4. The Hall–Kier alpha value is -2.12. The lowest BCUT2D eigenvalue weighted by Gasteiger charge is -2.24. The summed E-state index contributed by atoms with van der Waals surface area (Å²) in [6, 6.07) is 6.49. The largest absolute Gasteiger partial charge is 0.493 e. The van der Waals surface area contributed by atoms with E-state index in [9.17, 15) is 9.59 Å². The molecule has 0 bridgehead atoms. The third-order valence-electron chi connectivity index (χ3n) is 3.52. The number of unbranched alkanes of at least 4 members (excludes halogenated alkanes) is 1. The van der Waals surface area contributed by atoms with E-state index >= 15 is 0 Å². The number of Topliss-reactive ketones (excluding diaryl/α,β-unsaturated/α-hetero) is 1. The van der Waals surface area contributed by atoms with Crippen LogP contribution >= 0.6 is 0 Å². The predicted octanol–water partition coefficient (Wildman–Crippen LogP) is 2.11. The molecule has 7 heteroatoms. The van der Waals surface area contributed by atoms with Gasteiger partial charge in [-0.2, -0.15) is 0 Å². The van der Waals surface area contributed by atoms with E-state index in [1.807, 2.05) is 24.3 Å². The Balaban J connectivity index is 2.92. The highest BCUT2D eigenvalue weighted by molar-refractivity contribution is 5.91. The summed E-state index contributed by atoms with van der Waals surface area (Å²) >= 11 is 0. The fourth-order valence-corrected chi connectivity index (χ4v) is 2.26. The predicted molar refractivity (Wildman–Crippen MR) is 101 cm³/mol. The average Bonchev–Trinajstić information content (AvgIpc) is 2.53. The molecule has 0 radical (unpaired) electrons. The highest BCUT2D eigenvalue weighted by Gasteiger charge is 2.27. The summed E-state index contributed by atoms with van der Waals surface area (Å²) in [5.74, 6) is 0.203. The molecule has 0 saturated heterocycles. The Morgan fingerprint density at radius 1 is 1.19 bits per heavy atom. The van der Waals surface area contributed by atoms with Crippen molar-refractivity contribution in [3.05, 3.63) is 29.8 Å². The summed E-state index contributed by atoms with van der Waals surface area (Å²) in [6.07, 6.45) is 0.279. The van der Waals surface area contributed by atoms with Gasteiger partial charge in [0.2, 0.25) is 0 Å². The smallest absolute Gasteiger partial charge is 0.408 e. The number of para-hydroxylation sites is 1. The Morgan fingerprint density at radius 3 is 2.42 bits per heavy atom. The van der Waals surface area contributed by atoms with Gasteiger partial charge in [0.1, 0.15) is 17.5 Å². The third-order valence-corrected chi connectivity index (χ3v) is 3.52. The fourth-order valence-electron chi connectivity index (χ4n) is 2.26. The Bertz CT molecular complexity index is 597. The molecule has 0 aliphatic carbocycles. The van der Waals surface area contributed by atoms with Crippen LogP contribution in [0.15, 0.2) is 24.3 Å². The molecule has 0 saturated carbocycles. The maximum absolute atomic E-state index is 12.4. The first kappa shape index (κ1) is 21.9. The molecule has 1 atom stereocenters. The van der Waals surface area contributed by atoms with Crippen molar-refractivity contribution in [3.8, 4) is 5.75 Å². The van der Waals surface area contributed by atoms with Gasteiger partial charge in [0, 0.05) is 6.42 Å². The number of hydrogen-bond acceptors (Lipinski definition) is 6. The summed E-state index contributed by atoms with van der Waals surface area (Å²) in [6.45, 7) is 7.90. The highest BCUT2D eigenvalue weighted by Crippen LogP contribution is 2.20. The van der Waals surface area contributed by atoms with Gasteiger partial charge in [-0.3, -0.25) is 4.79 Å². The van der Waals surface area contributed by atoms with E-state index in [4.69, 9.17) is 20.9 Å². The second-order valence-electron chi connectivity index (χ2n) is 7.14. The molecule has 0 spiro atoms. The van der Waals surface area contributed by atoms with Gasteiger partial charge in [0.25, 0.3) is 0 Å². The lowest BCUT2D eigenvalue weighted by Crippen LogP contribution is -2.53. The molecule has 0 fully saturated rings. The van der Waals surface area contributed by atoms with E-state index in [1.165, 1.54) is 0 Å². The highest BCUT2D eigenvalue weighted by atomic mass is 16.6. The second-order valence-corrected chi connectivity index (χ2v) is 7.14. The monoisotopic (exact) mass is 365 g/mol. The number of nitrogens with one attached hydrogen (secondary N) is 1. The molecule has 0 unspecified atom stereocenters. The van der Waals surface area contributed by atoms with Gasteiger partial charge in [-0.25, -0.2) is 4.79 Å². The number of nitrogens with two attached hydrogens (primary N) is 2. The molecule has 26 heavy (non-hydrogen) atoms. The normalized spacial score (nSPS) is 12.6. The first-order valence-corrected chi connectivity index (χ1v) is 8.89. The quantitative estimate of drug-likeness (QED) is 0.456. The van der Waals surface area contributed by atoms with Crippen LogP contribution in [0.1, 0.15) is 46.1 Å². The van der Waals surface area contributed by atoms with Crippen molar-refractivity contribution in [3.63, 3.8) is 0 Å². The van der Waals surface area contributed by atoms with Crippen LogP contribution in [-0.2, 0) is 16.0 Å². The van der Waals surface area contributed by atoms with Crippen LogP contribution in [0.4, 0.5) is 4.79 Å². The van der Waals surface area contributed by atoms with Crippen LogP contribution in [0, 0.1) is 0 Å². The van der Waals surface area contributed by atoms with E-state index in [0.717, 1.165) is 18.4 Å². The summed E-state index contributed by atoms with van der Waals surface area (Å²) in [5, 5.41) is 2.57. The Morgan fingerprint density at radius 2 is 1.85 bits per heavy atom. The van der Waals surface area contributed by atoms with Gasteiger partial charge in [0.05, 0.1) is 12.6 Å². The molecule has 1 rings (SSSR count). The molecule has 1 aromatic carbocycles. The van der Waals surface area contributed by atoms with E-state index in [0.29, 0.717) is 12.4 Å². The van der Waals surface area contributed by atoms with Crippen molar-refractivity contribution >= 4 is 11.9 Å². The zero-order valence-electron chi connectivity index (χ0n) is 16.1. The number of ketones is 1. The molecule has 0 aliphatic heterocycles. The number of carbonyl (C=O) groups is 2. The van der Waals surface area contributed by atoms with Crippen LogP contribution in [0.3, 0.4) is 0 Å². The molecular weight excluding hydrogens is 334 g/mol. The topological polar surface area (TPSA) is 117 Å². The van der Waals surface area contributed by atoms with Crippen LogP contribution in [0.25, 0.3) is 0 Å². The van der Waals surface area contributed by atoms with Crippen molar-refractivity contribution in [2.24, 2.45) is 11.5 Å². The first-order chi connectivity index (χ1) is 12.1. The maximum Gasteiger partial charge on any atom is 0.408 e. The molecule has 1 aromatic rings. The molecule has 7 nitrogen and oxygen atoms in total. The third kappa shape index (κ3) is 7.84. The number of amides is 1. The van der Waals surface area contributed by atoms with Gasteiger partial charge in [-0.05, 0) is 38.8 Å². The van der Waals surface area contributed by atoms with Crippen LogP contribution in [-0.4, -0.2) is 36.3 Å². The van der Waals surface area contributed by atoms with Crippen LogP contribution < -0.4 is 21.5 Å². The van der Waals surface area contributed by atoms with Gasteiger partial charge >= 0.3 is 6.09 Å². The SMILES string of the molecule is CCCCOc1ccccc1C[C@@H](NC(=O)OC(C)(C)C)C(=O)C(N)N. The fraction of sp³-hybridized carbons (Fsp3) is 0.579. The second kappa shape index (κ2) is 10.1. The van der Waals surface area contributed by atoms with Gasteiger partial charge in [0.15, 0.2) is 5.78 Å². The van der Waals surface area contributed by atoms with Crippen LogP contribution in [0.5, 0.6) is 5.75 Å². The summed E-state index contributed by atoms with van der Waals surface area (Å²) in [5.41, 5.74) is 11.2. The number of benzene rings is 1. The van der Waals surface area contributed by atoms with E-state index in [1.54, 1.807) is 20.8 Å². The summed E-state index contributed by atoms with van der Waals surface area (Å²) in [7, 11) is 0. The molecule has 146 valence electrons. The van der Waals surface area contributed by atoms with Crippen molar-refractivity contribution in [2.75, 3.05) is 6.61 Å². The number of rotatable bonds is 9. The number of carbonyl (C=O) groups excluding carboxylic acids is 2. The molecule has 5 N–H and O–H groups in total. The van der Waals surface area contributed by atoms with Crippen molar-refractivity contribution < 1.29 is 19.1 Å². The molecular formula is C19H31N3O4. The summed E-state index contributed by atoms with van der Waals surface area (Å²) in [4.78, 5) is 24.4. The van der Waals surface area contributed by atoms with Crippen molar-refractivity contribution in [2.45, 2.75) is 64.8 Å². The Kier molecular flexibility index (Phi) is 8.54. The zero-order valence-corrected chi connectivity index (χ0v) is 16.1. The standard InChI is InChI=1S/C19H31N3O4/c1-5-6-11-25-15-10-8-7-9-13(15)12-14(16(23)17(20)21)22-18(24)26-19(2,3)4/h7-10,14,17H,5-6,11-12,20-21H2,1-4H3,(H,22,24)/t14-/m1/s1. The molecule has 1 amide bonds. The lowest BCUT2D eigenvalue weighted by atomic mass is 10.0. The Labute approximate surface area is 155 Å². The minimum absolute atomic E-state index is 0.214. The number of hydrogen-bond donors (Lipinski definition) is 3.